The number of phenols is 1. The molecule has 0 unspecified atom stereocenters. The lowest BCUT2D eigenvalue weighted by atomic mass is 10.0. The number of benzene rings is 2. The van der Waals surface area contributed by atoms with Crippen LogP contribution < -0.4 is 27.0 Å². The summed E-state index contributed by atoms with van der Waals surface area (Å²) in [5, 5.41) is 29.6. The highest BCUT2D eigenvalue weighted by atomic mass is 16.4. The molecule has 2 aromatic rings. The number of carboxylic acid groups (broad SMARTS) is 1. The number of aliphatic carboxylic acids is 1. The van der Waals surface area contributed by atoms with E-state index in [-0.39, 0.29) is 63.3 Å². The van der Waals surface area contributed by atoms with Crippen molar-refractivity contribution < 1.29 is 34.2 Å². The van der Waals surface area contributed by atoms with Gasteiger partial charge in [0.1, 0.15) is 11.8 Å². The summed E-state index contributed by atoms with van der Waals surface area (Å²) in [7, 11) is 0. The van der Waals surface area contributed by atoms with Gasteiger partial charge in [0.15, 0.2) is 0 Å². The second kappa shape index (κ2) is 14.6. The Morgan fingerprint density at radius 1 is 0.950 bits per heavy atom. The second-order valence-corrected chi connectivity index (χ2v) is 9.74. The van der Waals surface area contributed by atoms with Crippen LogP contribution in [0.25, 0.3) is 0 Å². The van der Waals surface area contributed by atoms with Crippen molar-refractivity contribution in [1.29, 1.82) is 0 Å². The normalized spacial score (nSPS) is 20.8. The fourth-order valence-corrected chi connectivity index (χ4v) is 4.38. The Hall–Kier alpha value is -4.45. The summed E-state index contributed by atoms with van der Waals surface area (Å²) in [5.74, 6) is -2.79. The van der Waals surface area contributed by atoms with E-state index in [1.165, 1.54) is 12.1 Å². The van der Waals surface area contributed by atoms with Crippen molar-refractivity contribution in [3.05, 3.63) is 65.2 Å². The largest absolute Gasteiger partial charge is 0.508 e. The quantitative estimate of drug-likeness (QED) is 0.246. The highest BCUT2D eigenvalue weighted by Gasteiger charge is 2.26. The maximum atomic E-state index is 13.1. The molecule has 0 saturated carbocycles. The van der Waals surface area contributed by atoms with Gasteiger partial charge in [-0.2, -0.15) is 0 Å². The Bertz CT molecular complexity index is 1220. The summed E-state index contributed by atoms with van der Waals surface area (Å²) >= 11 is 0. The molecule has 1 aliphatic heterocycles. The molecule has 0 aliphatic carbocycles. The standard InChI is InChI=1S/C28H35N5O7/c29-22-11-12-30-24(35)10-9-23(28(40)31-16-19-4-2-1-3-18(19)14-26(37)38)33-25(36)15-20(32-27(22)39)13-17-5-7-21(34)8-6-17/h1-8,20,22-23,34H,9-16,29H2,(H,30,35)(H,31,40)(H,32,39)(H,33,36)(H,37,38)/t20-,22+,23-/m0/s1. The summed E-state index contributed by atoms with van der Waals surface area (Å²) in [6, 6.07) is 10.6. The van der Waals surface area contributed by atoms with Gasteiger partial charge in [-0.15, -0.1) is 0 Å². The highest BCUT2D eigenvalue weighted by Crippen LogP contribution is 2.14. The first-order valence-electron chi connectivity index (χ1n) is 13.1. The summed E-state index contributed by atoms with van der Waals surface area (Å²) in [4.78, 5) is 62.4. The van der Waals surface area contributed by atoms with Crippen LogP contribution >= 0.6 is 0 Å². The summed E-state index contributed by atoms with van der Waals surface area (Å²) < 4.78 is 0. The number of carboxylic acids is 1. The van der Waals surface area contributed by atoms with Crippen LogP contribution in [0.4, 0.5) is 0 Å². The second-order valence-electron chi connectivity index (χ2n) is 9.74. The van der Waals surface area contributed by atoms with Gasteiger partial charge in [-0.25, -0.2) is 0 Å². The lowest BCUT2D eigenvalue weighted by Crippen LogP contribution is -2.51. The smallest absolute Gasteiger partial charge is 0.307 e. The van der Waals surface area contributed by atoms with Gasteiger partial charge in [0.25, 0.3) is 0 Å². The van der Waals surface area contributed by atoms with Crippen molar-refractivity contribution in [3.63, 3.8) is 0 Å². The molecule has 40 heavy (non-hydrogen) atoms. The van der Waals surface area contributed by atoms with Gasteiger partial charge in [0, 0.05) is 32.0 Å². The van der Waals surface area contributed by atoms with Gasteiger partial charge in [0.2, 0.25) is 23.6 Å². The molecule has 0 radical (unpaired) electrons. The number of carbonyl (C=O) groups excluding carboxylic acids is 4. The van der Waals surface area contributed by atoms with E-state index in [4.69, 9.17) is 10.8 Å². The number of rotatable bonds is 7. The van der Waals surface area contributed by atoms with Crippen LogP contribution in [0.2, 0.25) is 0 Å². The van der Waals surface area contributed by atoms with E-state index in [1.54, 1.807) is 36.4 Å². The predicted octanol–water partition coefficient (Wildman–Crippen LogP) is -0.135. The molecule has 1 saturated heterocycles. The van der Waals surface area contributed by atoms with Crippen molar-refractivity contribution in [2.24, 2.45) is 5.73 Å². The third-order valence-corrected chi connectivity index (χ3v) is 6.54. The highest BCUT2D eigenvalue weighted by molar-refractivity contribution is 5.89. The number of hydrogen-bond acceptors (Lipinski definition) is 7. The lowest BCUT2D eigenvalue weighted by Gasteiger charge is -2.24. The molecule has 214 valence electrons. The van der Waals surface area contributed by atoms with Gasteiger partial charge in [-0.3, -0.25) is 24.0 Å². The Labute approximate surface area is 231 Å². The number of nitrogens with one attached hydrogen (secondary N) is 4. The van der Waals surface area contributed by atoms with E-state index < -0.39 is 41.8 Å². The molecular weight excluding hydrogens is 518 g/mol. The van der Waals surface area contributed by atoms with E-state index in [0.717, 1.165) is 5.56 Å². The van der Waals surface area contributed by atoms with Crippen LogP contribution in [-0.4, -0.2) is 64.5 Å². The Balaban J connectivity index is 1.74. The summed E-state index contributed by atoms with van der Waals surface area (Å²) in [6.07, 6.45) is 0.0873. The van der Waals surface area contributed by atoms with Gasteiger partial charge in [0.05, 0.1) is 12.5 Å². The van der Waals surface area contributed by atoms with Crippen molar-refractivity contribution in [1.82, 2.24) is 21.3 Å². The van der Waals surface area contributed by atoms with Crippen molar-refractivity contribution >= 4 is 29.6 Å². The molecule has 12 nitrogen and oxygen atoms in total. The topological polar surface area (TPSA) is 200 Å². The van der Waals surface area contributed by atoms with Crippen LogP contribution in [0.3, 0.4) is 0 Å². The van der Waals surface area contributed by atoms with E-state index in [1.807, 2.05) is 0 Å². The predicted molar refractivity (Wildman–Crippen MR) is 145 cm³/mol. The zero-order valence-electron chi connectivity index (χ0n) is 22.0. The van der Waals surface area contributed by atoms with Crippen molar-refractivity contribution in [2.75, 3.05) is 6.54 Å². The first-order chi connectivity index (χ1) is 19.1. The summed E-state index contributed by atoms with van der Waals surface area (Å²) in [5.41, 5.74) is 7.93. The molecule has 8 N–H and O–H groups in total. The SMILES string of the molecule is N[C@@H]1CCNC(=O)CC[C@@H](C(=O)NCc2ccccc2CC(=O)O)NC(=O)C[C@H](Cc2ccc(O)cc2)NC1=O. The number of phenolic OH excluding ortho intramolecular Hbond substituents is 1. The van der Waals surface area contributed by atoms with Crippen LogP contribution in [0, 0.1) is 0 Å². The van der Waals surface area contributed by atoms with Crippen LogP contribution in [0.5, 0.6) is 5.75 Å². The number of aromatic hydroxyl groups is 1. The molecule has 4 amide bonds. The number of amides is 4. The third-order valence-electron chi connectivity index (χ3n) is 6.54. The number of hydrogen-bond donors (Lipinski definition) is 7. The van der Waals surface area contributed by atoms with E-state index in [0.29, 0.717) is 11.1 Å². The first kappa shape index (κ1) is 30.1. The molecular formula is C28H35N5O7. The fourth-order valence-electron chi connectivity index (χ4n) is 4.38. The molecule has 0 bridgehead atoms. The molecule has 3 atom stereocenters. The van der Waals surface area contributed by atoms with Crippen LogP contribution in [-0.2, 0) is 43.4 Å². The first-order valence-corrected chi connectivity index (χ1v) is 13.1. The van der Waals surface area contributed by atoms with E-state index >= 15 is 0 Å². The van der Waals surface area contributed by atoms with Crippen LogP contribution in [0.1, 0.15) is 42.4 Å². The summed E-state index contributed by atoms with van der Waals surface area (Å²) in [6.45, 7) is 0.206. The Morgan fingerprint density at radius 2 is 1.65 bits per heavy atom. The minimum absolute atomic E-state index is 0.0290. The molecule has 1 aliphatic rings. The maximum Gasteiger partial charge on any atom is 0.307 e. The average Bonchev–Trinajstić information content (AvgIpc) is 2.90. The lowest BCUT2D eigenvalue weighted by molar-refractivity contribution is -0.136. The Kier molecular flexibility index (Phi) is 11.0. The van der Waals surface area contributed by atoms with Gasteiger partial charge in [-0.05, 0) is 48.1 Å². The van der Waals surface area contributed by atoms with Crippen LogP contribution in [0.15, 0.2) is 48.5 Å². The van der Waals surface area contributed by atoms with Gasteiger partial charge >= 0.3 is 5.97 Å². The van der Waals surface area contributed by atoms with Gasteiger partial charge in [-0.1, -0.05) is 36.4 Å². The minimum atomic E-state index is -1.04. The molecule has 1 heterocycles. The van der Waals surface area contributed by atoms with Crippen molar-refractivity contribution in [2.45, 2.75) is 63.2 Å². The van der Waals surface area contributed by atoms with E-state index in [2.05, 4.69) is 21.3 Å². The minimum Gasteiger partial charge on any atom is -0.508 e. The van der Waals surface area contributed by atoms with Crippen molar-refractivity contribution in [3.8, 4) is 5.75 Å². The molecule has 12 heteroatoms. The van der Waals surface area contributed by atoms with Gasteiger partial charge < -0.3 is 37.2 Å². The molecule has 2 aromatic carbocycles. The molecule has 0 aromatic heterocycles. The fraction of sp³-hybridized carbons (Fsp3) is 0.393. The zero-order chi connectivity index (χ0) is 29.1. The zero-order valence-corrected chi connectivity index (χ0v) is 22.0. The maximum absolute atomic E-state index is 13.1. The molecule has 3 rings (SSSR count). The monoisotopic (exact) mass is 553 g/mol. The third kappa shape index (κ3) is 9.70. The molecule has 0 spiro atoms. The average molecular weight is 554 g/mol. The Morgan fingerprint density at radius 3 is 2.35 bits per heavy atom. The molecule has 1 fully saturated rings. The number of carbonyl (C=O) groups is 5. The van der Waals surface area contributed by atoms with E-state index in [9.17, 15) is 29.1 Å². The number of nitrogens with two attached hydrogens (primary N) is 1.